The number of aromatic carboxylic acids is 1. The number of anilines is 1. The lowest BCUT2D eigenvalue weighted by Crippen LogP contribution is -2.14. The predicted molar refractivity (Wildman–Crippen MR) is 64.1 cm³/mol. The van der Waals surface area contributed by atoms with Crippen molar-refractivity contribution in [3.8, 4) is 6.01 Å². The van der Waals surface area contributed by atoms with Gasteiger partial charge in [0.1, 0.15) is 10.7 Å². The summed E-state index contributed by atoms with van der Waals surface area (Å²) in [4.78, 5) is 14.1. The third-order valence-corrected chi connectivity index (χ3v) is 3.70. The molecule has 2 aromatic heterocycles. The number of carbonyl (C=O) groups is 1. The van der Waals surface area contributed by atoms with Crippen LogP contribution in [0.25, 0.3) is 0 Å². The van der Waals surface area contributed by atoms with Gasteiger partial charge in [0.05, 0.1) is 7.11 Å². The normalized spacial score (nSPS) is 11.3. The predicted octanol–water partition coefficient (Wildman–Crippen LogP) is 0.214. The van der Waals surface area contributed by atoms with Crippen molar-refractivity contribution in [1.29, 1.82) is 0 Å². The SMILES string of the molecule is COc1n[nH]c(NS(=O)(=O)c2cc(C(=O)O)oc2C)n1. The number of aryl methyl sites for hydroxylation is 1. The number of methoxy groups -OCH3 is 1. The van der Waals surface area contributed by atoms with Crippen molar-refractivity contribution in [3.05, 3.63) is 17.6 Å². The third-order valence-electron chi connectivity index (χ3n) is 2.25. The van der Waals surface area contributed by atoms with Crippen molar-refractivity contribution >= 4 is 21.9 Å². The maximum absolute atomic E-state index is 12.1. The van der Waals surface area contributed by atoms with Crippen molar-refractivity contribution in [1.82, 2.24) is 15.2 Å². The second-order valence-electron chi connectivity index (χ2n) is 3.61. The Morgan fingerprint density at radius 3 is 2.75 bits per heavy atom. The minimum absolute atomic E-state index is 0.0437. The summed E-state index contributed by atoms with van der Waals surface area (Å²) in [5.41, 5.74) is 0. The molecule has 2 rings (SSSR count). The molecular weight excluding hydrogens is 292 g/mol. The van der Waals surface area contributed by atoms with E-state index in [-0.39, 0.29) is 22.6 Å². The molecule has 0 bridgehead atoms. The highest BCUT2D eigenvalue weighted by Gasteiger charge is 2.25. The van der Waals surface area contributed by atoms with Gasteiger partial charge in [-0.1, -0.05) is 0 Å². The fourth-order valence-electron chi connectivity index (χ4n) is 1.40. The second-order valence-corrected chi connectivity index (χ2v) is 5.26. The molecule has 2 aromatic rings. The quantitative estimate of drug-likeness (QED) is 0.710. The topological polar surface area (TPSA) is 147 Å². The molecule has 0 saturated carbocycles. The Bertz CT molecular complexity index is 746. The molecule has 0 saturated heterocycles. The molecule has 108 valence electrons. The first-order valence-corrected chi connectivity index (χ1v) is 6.64. The molecule has 0 aliphatic carbocycles. The van der Waals surface area contributed by atoms with Crippen LogP contribution in [0, 0.1) is 6.92 Å². The van der Waals surface area contributed by atoms with Gasteiger partial charge in [-0.3, -0.25) is 0 Å². The number of nitrogens with one attached hydrogen (secondary N) is 2. The average Bonchev–Trinajstić information content (AvgIpc) is 2.95. The molecule has 3 N–H and O–H groups in total. The first kappa shape index (κ1) is 13.9. The summed E-state index contributed by atoms with van der Waals surface area (Å²) in [6.07, 6.45) is 0. The van der Waals surface area contributed by atoms with Crippen LogP contribution in [0.2, 0.25) is 0 Å². The number of ether oxygens (including phenoxy) is 1. The van der Waals surface area contributed by atoms with E-state index in [1.54, 1.807) is 0 Å². The summed E-state index contributed by atoms with van der Waals surface area (Å²) in [5.74, 6) is -2.06. The lowest BCUT2D eigenvalue weighted by atomic mass is 10.4. The molecule has 0 aromatic carbocycles. The van der Waals surface area contributed by atoms with E-state index >= 15 is 0 Å². The van der Waals surface area contributed by atoms with Crippen LogP contribution in [0.4, 0.5) is 5.95 Å². The van der Waals surface area contributed by atoms with Gasteiger partial charge in [-0.25, -0.2) is 23.0 Å². The number of aromatic nitrogens is 3. The van der Waals surface area contributed by atoms with Crippen LogP contribution in [-0.2, 0) is 10.0 Å². The number of furan rings is 1. The molecule has 20 heavy (non-hydrogen) atoms. The molecule has 0 unspecified atom stereocenters. The molecular formula is C9H10N4O6S. The summed E-state index contributed by atoms with van der Waals surface area (Å²) in [6, 6.07) is 0.867. The monoisotopic (exact) mass is 302 g/mol. The van der Waals surface area contributed by atoms with Crippen LogP contribution in [0.5, 0.6) is 6.01 Å². The van der Waals surface area contributed by atoms with E-state index < -0.39 is 21.8 Å². The van der Waals surface area contributed by atoms with E-state index in [9.17, 15) is 13.2 Å². The van der Waals surface area contributed by atoms with Crippen LogP contribution < -0.4 is 9.46 Å². The highest BCUT2D eigenvalue weighted by molar-refractivity contribution is 7.92. The Balaban J connectivity index is 2.32. The molecule has 0 aliphatic rings. The van der Waals surface area contributed by atoms with Gasteiger partial charge in [0.15, 0.2) is 0 Å². The standard InChI is InChI=1S/C9H10N4O6S/c1-4-6(3-5(19-4)7(14)15)20(16,17)13-8-10-9(18-2)12-11-8/h3H,1-2H3,(H,14,15)(H2,10,11,12,13). The fourth-order valence-corrected chi connectivity index (χ4v) is 2.54. The molecule has 0 aliphatic heterocycles. The largest absolute Gasteiger partial charge is 0.475 e. The third kappa shape index (κ3) is 2.56. The Kier molecular flexibility index (Phi) is 3.36. The number of carboxylic acids is 1. The minimum Gasteiger partial charge on any atom is -0.475 e. The number of hydrogen-bond donors (Lipinski definition) is 3. The van der Waals surface area contributed by atoms with Crippen LogP contribution in [0.15, 0.2) is 15.4 Å². The summed E-state index contributed by atoms with van der Waals surface area (Å²) in [7, 11) is -2.73. The second kappa shape index (κ2) is 4.85. The lowest BCUT2D eigenvalue weighted by molar-refractivity contribution is 0.0661. The van der Waals surface area contributed by atoms with E-state index in [0.717, 1.165) is 6.07 Å². The van der Waals surface area contributed by atoms with Crippen molar-refractivity contribution in [2.75, 3.05) is 11.8 Å². The molecule has 0 spiro atoms. The highest BCUT2D eigenvalue weighted by Crippen LogP contribution is 2.22. The van der Waals surface area contributed by atoms with E-state index in [2.05, 4.69) is 24.6 Å². The van der Waals surface area contributed by atoms with Gasteiger partial charge in [-0.2, -0.15) is 4.98 Å². The van der Waals surface area contributed by atoms with Gasteiger partial charge >= 0.3 is 12.0 Å². The first-order chi connectivity index (χ1) is 9.33. The number of rotatable bonds is 5. The Hall–Kier alpha value is -2.56. The van der Waals surface area contributed by atoms with Gasteiger partial charge in [0, 0.05) is 6.07 Å². The molecule has 0 atom stereocenters. The summed E-state index contributed by atoms with van der Waals surface area (Å²) in [6.45, 7) is 1.34. The van der Waals surface area contributed by atoms with E-state index in [1.165, 1.54) is 14.0 Å². The van der Waals surface area contributed by atoms with Crippen molar-refractivity contribution in [2.24, 2.45) is 0 Å². The Morgan fingerprint density at radius 1 is 1.55 bits per heavy atom. The lowest BCUT2D eigenvalue weighted by Gasteiger charge is -2.02. The van der Waals surface area contributed by atoms with Crippen molar-refractivity contribution in [3.63, 3.8) is 0 Å². The van der Waals surface area contributed by atoms with Gasteiger partial charge < -0.3 is 14.3 Å². The zero-order valence-corrected chi connectivity index (χ0v) is 11.2. The van der Waals surface area contributed by atoms with Gasteiger partial charge in [-0.05, 0) is 6.92 Å². The summed E-state index contributed by atoms with van der Waals surface area (Å²) < 4.78 is 35.7. The van der Waals surface area contributed by atoms with E-state index in [0.29, 0.717) is 0 Å². The van der Waals surface area contributed by atoms with Gasteiger partial charge in [-0.15, -0.1) is 5.10 Å². The van der Waals surface area contributed by atoms with Gasteiger partial charge in [0.25, 0.3) is 10.0 Å². The molecule has 10 nitrogen and oxygen atoms in total. The number of hydrogen-bond acceptors (Lipinski definition) is 7. The molecule has 0 amide bonds. The van der Waals surface area contributed by atoms with Crippen LogP contribution >= 0.6 is 0 Å². The number of aromatic amines is 1. The van der Waals surface area contributed by atoms with Crippen LogP contribution in [0.3, 0.4) is 0 Å². The Labute approximate surface area is 112 Å². The van der Waals surface area contributed by atoms with Gasteiger partial charge in [0.2, 0.25) is 11.7 Å². The molecule has 0 fully saturated rings. The van der Waals surface area contributed by atoms with Crippen LogP contribution in [-0.4, -0.2) is 41.8 Å². The fraction of sp³-hybridized carbons (Fsp3) is 0.222. The minimum atomic E-state index is -4.05. The maximum Gasteiger partial charge on any atom is 0.371 e. The van der Waals surface area contributed by atoms with E-state index in [4.69, 9.17) is 9.52 Å². The zero-order chi connectivity index (χ0) is 14.9. The summed E-state index contributed by atoms with van der Waals surface area (Å²) in [5, 5.41) is 14.6. The average molecular weight is 302 g/mol. The Morgan fingerprint density at radius 2 is 2.25 bits per heavy atom. The number of carboxylic acid groups (broad SMARTS) is 1. The number of sulfonamides is 1. The smallest absolute Gasteiger partial charge is 0.371 e. The molecule has 2 heterocycles. The van der Waals surface area contributed by atoms with Crippen molar-refractivity contribution in [2.45, 2.75) is 11.8 Å². The number of H-pyrrole nitrogens is 1. The zero-order valence-electron chi connectivity index (χ0n) is 10.4. The highest BCUT2D eigenvalue weighted by atomic mass is 32.2. The maximum atomic E-state index is 12.1. The molecule has 0 radical (unpaired) electrons. The van der Waals surface area contributed by atoms with Crippen molar-refractivity contribution < 1.29 is 27.5 Å². The number of nitrogens with zero attached hydrogens (tertiary/aromatic N) is 2. The first-order valence-electron chi connectivity index (χ1n) is 5.16. The summed E-state index contributed by atoms with van der Waals surface area (Å²) >= 11 is 0. The molecule has 11 heteroatoms. The van der Waals surface area contributed by atoms with E-state index in [1.807, 2.05) is 0 Å². The van der Waals surface area contributed by atoms with Crippen LogP contribution in [0.1, 0.15) is 16.3 Å².